The van der Waals surface area contributed by atoms with E-state index in [-0.39, 0.29) is 5.54 Å². The summed E-state index contributed by atoms with van der Waals surface area (Å²) in [6.45, 7) is 14.2. The van der Waals surface area contributed by atoms with Crippen LogP contribution < -0.4 is 10.6 Å². The SMILES string of the molecule is Cc1ccc(N(C)C(CN)(CC(C)C)CC(C)C)c(C)c1. The number of benzene rings is 1. The lowest BCUT2D eigenvalue weighted by Crippen LogP contribution is -2.54. The van der Waals surface area contributed by atoms with Gasteiger partial charge in [0.15, 0.2) is 0 Å². The molecular formula is C19H34N2. The van der Waals surface area contributed by atoms with Gasteiger partial charge in [0.05, 0.1) is 5.54 Å². The Morgan fingerprint density at radius 3 is 1.95 bits per heavy atom. The van der Waals surface area contributed by atoms with Gasteiger partial charge in [0.1, 0.15) is 0 Å². The second kappa shape index (κ2) is 7.31. The van der Waals surface area contributed by atoms with E-state index in [2.05, 4.69) is 71.7 Å². The van der Waals surface area contributed by atoms with Gasteiger partial charge in [-0.05, 0) is 50.2 Å². The molecule has 0 saturated carbocycles. The van der Waals surface area contributed by atoms with E-state index in [1.807, 2.05) is 0 Å². The second-order valence-electron chi connectivity index (χ2n) is 7.47. The van der Waals surface area contributed by atoms with Crippen molar-refractivity contribution in [1.29, 1.82) is 0 Å². The van der Waals surface area contributed by atoms with E-state index >= 15 is 0 Å². The molecular weight excluding hydrogens is 256 g/mol. The summed E-state index contributed by atoms with van der Waals surface area (Å²) in [6, 6.07) is 6.71. The Kier molecular flexibility index (Phi) is 6.27. The predicted molar refractivity (Wildman–Crippen MR) is 95.0 cm³/mol. The van der Waals surface area contributed by atoms with Gasteiger partial charge in [0, 0.05) is 19.3 Å². The van der Waals surface area contributed by atoms with E-state index in [0.717, 1.165) is 12.8 Å². The van der Waals surface area contributed by atoms with E-state index in [0.29, 0.717) is 18.4 Å². The molecule has 1 rings (SSSR count). The van der Waals surface area contributed by atoms with Crippen molar-refractivity contribution in [2.75, 3.05) is 18.5 Å². The molecule has 2 heteroatoms. The van der Waals surface area contributed by atoms with Crippen LogP contribution in [0.1, 0.15) is 51.7 Å². The third-order valence-corrected chi connectivity index (χ3v) is 4.38. The minimum atomic E-state index is 0.0440. The van der Waals surface area contributed by atoms with Gasteiger partial charge >= 0.3 is 0 Å². The molecule has 120 valence electrons. The molecule has 0 bridgehead atoms. The van der Waals surface area contributed by atoms with Crippen LogP contribution >= 0.6 is 0 Å². The quantitative estimate of drug-likeness (QED) is 0.799. The van der Waals surface area contributed by atoms with E-state index in [4.69, 9.17) is 5.73 Å². The first-order chi connectivity index (χ1) is 9.71. The zero-order valence-electron chi connectivity index (χ0n) is 15.0. The molecule has 0 amide bonds. The second-order valence-corrected chi connectivity index (χ2v) is 7.47. The summed E-state index contributed by atoms with van der Waals surface area (Å²) in [4.78, 5) is 2.45. The maximum absolute atomic E-state index is 6.28. The highest BCUT2D eigenvalue weighted by Gasteiger charge is 2.35. The molecule has 0 aromatic heterocycles. The van der Waals surface area contributed by atoms with Gasteiger partial charge in [-0.25, -0.2) is 0 Å². The number of nitrogens with two attached hydrogens (primary N) is 1. The van der Waals surface area contributed by atoms with Crippen LogP contribution in [0.4, 0.5) is 5.69 Å². The molecule has 0 aliphatic rings. The molecule has 0 fully saturated rings. The average Bonchev–Trinajstić information content (AvgIpc) is 2.36. The van der Waals surface area contributed by atoms with Crippen LogP contribution in [-0.2, 0) is 0 Å². The number of anilines is 1. The first-order valence-electron chi connectivity index (χ1n) is 8.23. The number of nitrogens with zero attached hydrogens (tertiary/aromatic N) is 1. The van der Waals surface area contributed by atoms with Crippen molar-refractivity contribution in [1.82, 2.24) is 0 Å². The first kappa shape index (κ1) is 18.0. The maximum Gasteiger partial charge on any atom is 0.0525 e. The van der Waals surface area contributed by atoms with Crippen LogP contribution in [0.15, 0.2) is 18.2 Å². The molecule has 0 saturated heterocycles. The fraction of sp³-hybridized carbons (Fsp3) is 0.684. The highest BCUT2D eigenvalue weighted by molar-refractivity contribution is 5.56. The molecule has 0 radical (unpaired) electrons. The van der Waals surface area contributed by atoms with Crippen LogP contribution in [0.3, 0.4) is 0 Å². The number of hydrogen-bond acceptors (Lipinski definition) is 2. The highest BCUT2D eigenvalue weighted by atomic mass is 15.2. The van der Waals surface area contributed by atoms with Crippen molar-refractivity contribution < 1.29 is 0 Å². The maximum atomic E-state index is 6.28. The Morgan fingerprint density at radius 1 is 1.05 bits per heavy atom. The van der Waals surface area contributed by atoms with Gasteiger partial charge in [-0.15, -0.1) is 0 Å². The highest BCUT2D eigenvalue weighted by Crippen LogP contribution is 2.35. The fourth-order valence-electron chi connectivity index (χ4n) is 3.62. The van der Waals surface area contributed by atoms with E-state index in [1.54, 1.807) is 0 Å². The Balaban J connectivity index is 3.22. The minimum Gasteiger partial charge on any atom is -0.367 e. The summed E-state index contributed by atoms with van der Waals surface area (Å²) in [5, 5.41) is 0. The van der Waals surface area contributed by atoms with Crippen LogP contribution in [0.25, 0.3) is 0 Å². The van der Waals surface area contributed by atoms with Crippen molar-refractivity contribution in [2.45, 2.75) is 59.9 Å². The van der Waals surface area contributed by atoms with E-state index < -0.39 is 0 Å². The zero-order chi connectivity index (χ0) is 16.2. The van der Waals surface area contributed by atoms with Gasteiger partial charge in [0.2, 0.25) is 0 Å². The third kappa shape index (κ3) is 4.47. The molecule has 2 N–H and O–H groups in total. The summed E-state index contributed by atoms with van der Waals surface area (Å²) < 4.78 is 0. The lowest BCUT2D eigenvalue weighted by molar-refractivity contribution is 0.280. The van der Waals surface area contributed by atoms with Crippen molar-refractivity contribution in [2.24, 2.45) is 17.6 Å². The Bertz CT molecular complexity index is 439. The van der Waals surface area contributed by atoms with Crippen molar-refractivity contribution in [3.05, 3.63) is 29.3 Å². The number of likely N-dealkylation sites (N-methyl/N-ethyl adjacent to an activating group) is 1. The van der Waals surface area contributed by atoms with Gasteiger partial charge in [-0.3, -0.25) is 0 Å². The lowest BCUT2D eigenvalue weighted by Gasteiger charge is -2.46. The van der Waals surface area contributed by atoms with Gasteiger partial charge in [-0.2, -0.15) is 0 Å². The van der Waals surface area contributed by atoms with Crippen molar-refractivity contribution in [3.63, 3.8) is 0 Å². The largest absolute Gasteiger partial charge is 0.367 e. The molecule has 2 nitrogen and oxygen atoms in total. The van der Waals surface area contributed by atoms with Gasteiger partial charge in [-0.1, -0.05) is 45.4 Å². The van der Waals surface area contributed by atoms with Crippen molar-refractivity contribution in [3.8, 4) is 0 Å². The molecule has 0 aliphatic carbocycles. The Morgan fingerprint density at radius 2 is 1.57 bits per heavy atom. The topological polar surface area (TPSA) is 29.3 Å². The molecule has 0 spiro atoms. The van der Waals surface area contributed by atoms with Crippen LogP contribution in [0, 0.1) is 25.7 Å². The standard InChI is InChI=1S/C19H34N2/c1-14(2)11-19(13-20,12-15(3)4)21(7)18-9-8-16(5)10-17(18)6/h8-10,14-15H,11-13,20H2,1-7H3. The summed E-state index contributed by atoms with van der Waals surface area (Å²) in [6.07, 6.45) is 2.26. The zero-order valence-corrected chi connectivity index (χ0v) is 15.0. The summed E-state index contributed by atoms with van der Waals surface area (Å²) in [7, 11) is 2.22. The van der Waals surface area contributed by atoms with Gasteiger partial charge < -0.3 is 10.6 Å². The van der Waals surface area contributed by atoms with Crippen molar-refractivity contribution >= 4 is 5.69 Å². The van der Waals surface area contributed by atoms with Crippen LogP contribution in [0.2, 0.25) is 0 Å². The monoisotopic (exact) mass is 290 g/mol. The van der Waals surface area contributed by atoms with E-state index in [9.17, 15) is 0 Å². The Hall–Kier alpha value is -1.02. The number of aryl methyl sites for hydroxylation is 2. The predicted octanol–water partition coefficient (Wildman–Crippen LogP) is 4.53. The molecule has 21 heavy (non-hydrogen) atoms. The summed E-state index contributed by atoms with van der Waals surface area (Å²) in [5.74, 6) is 1.28. The van der Waals surface area contributed by atoms with E-state index in [1.165, 1.54) is 16.8 Å². The van der Waals surface area contributed by atoms with Crippen LogP contribution in [0.5, 0.6) is 0 Å². The van der Waals surface area contributed by atoms with Crippen LogP contribution in [-0.4, -0.2) is 19.1 Å². The minimum absolute atomic E-state index is 0.0440. The molecule has 1 aromatic carbocycles. The van der Waals surface area contributed by atoms with Gasteiger partial charge in [0.25, 0.3) is 0 Å². The molecule has 0 heterocycles. The normalized spacial score (nSPS) is 12.3. The number of hydrogen-bond donors (Lipinski definition) is 1. The first-order valence-corrected chi connectivity index (χ1v) is 8.23. The summed E-state index contributed by atoms with van der Waals surface area (Å²) >= 11 is 0. The number of rotatable bonds is 7. The third-order valence-electron chi connectivity index (χ3n) is 4.38. The summed E-state index contributed by atoms with van der Waals surface area (Å²) in [5.41, 5.74) is 10.3. The molecule has 0 atom stereocenters. The average molecular weight is 290 g/mol. The lowest BCUT2D eigenvalue weighted by atomic mass is 9.80. The smallest absolute Gasteiger partial charge is 0.0525 e. The fourth-order valence-corrected chi connectivity index (χ4v) is 3.62. The molecule has 1 aromatic rings. The molecule has 0 unspecified atom stereocenters. The molecule has 0 aliphatic heterocycles. The Labute approximate surface area is 131 Å².